The zero-order chi connectivity index (χ0) is 10.3. The highest BCUT2D eigenvalue weighted by atomic mass is 16.3. The average Bonchev–Trinajstić information content (AvgIpc) is 2.83. The van der Waals surface area contributed by atoms with Crippen molar-refractivity contribution in [3.05, 3.63) is 42.4 Å². The monoisotopic (exact) mass is 198 g/mol. The van der Waals surface area contributed by atoms with Crippen molar-refractivity contribution in [2.45, 2.75) is 6.92 Å². The molecule has 3 heteroatoms. The van der Waals surface area contributed by atoms with Crippen molar-refractivity contribution in [3.8, 4) is 11.3 Å². The van der Waals surface area contributed by atoms with Gasteiger partial charge in [-0.2, -0.15) is 0 Å². The summed E-state index contributed by atoms with van der Waals surface area (Å²) in [5.41, 5.74) is 3.10. The van der Waals surface area contributed by atoms with E-state index >= 15 is 0 Å². The van der Waals surface area contributed by atoms with Crippen molar-refractivity contribution in [1.29, 1.82) is 0 Å². The highest BCUT2D eigenvalue weighted by Crippen LogP contribution is 2.28. The first kappa shape index (κ1) is 8.29. The van der Waals surface area contributed by atoms with E-state index in [1.807, 2.05) is 31.5 Å². The number of aryl methyl sites for hydroxylation is 1. The zero-order valence-corrected chi connectivity index (χ0v) is 8.32. The van der Waals surface area contributed by atoms with Crippen molar-refractivity contribution in [2.24, 2.45) is 0 Å². The summed E-state index contributed by atoms with van der Waals surface area (Å²) in [5, 5.41) is 1.10. The number of rotatable bonds is 1. The summed E-state index contributed by atoms with van der Waals surface area (Å²) < 4.78 is 5.38. The predicted octanol–water partition coefficient (Wildman–Crippen LogP) is 3.13. The van der Waals surface area contributed by atoms with E-state index in [-0.39, 0.29) is 0 Å². The van der Waals surface area contributed by atoms with Crippen LogP contribution in [-0.4, -0.2) is 9.97 Å². The minimum Gasteiger partial charge on any atom is -0.464 e. The molecule has 0 aromatic carbocycles. The van der Waals surface area contributed by atoms with Crippen LogP contribution < -0.4 is 0 Å². The number of hydrogen-bond acceptors (Lipinski definition) is 2. The maximum absolute atomic E-state index is 5.38. The molecule has 0 saturated heterocycles. The van der Waals surface area contributed by atoms with Crippen LogP contribution in [0.25, 0.3) is 22.4 Å². The van der Waals surface area contributed by atoms with Gasteiger partial charge in [-0.1, -0.05) is 0 Å². The standard InChI is InChI=1S/C12H10N2O/c1-8-5-9-10(11-3-2-4-15-11)7-14-12(9)13-6-8/h2-7H,1H3,(H,13,14). The molecule has 0 fully saturated rings. The highest BCUT2D eigenvalue weighted by Gasteiger charge is 2.08. The topological polar surface area (TPSA) is 41.8 Å². The van der Waals surface area contributed by atoms with Gasteiger partial charge in [-0.3, -0.25) is 0 Å². The van der Waals surface area contributed by atoms with E-state index in [4.69, 9.17) is 4.42 Å². The molecular formula is C12H10N2O. The Morgan fingerprint density at radius 2 is 2.33 bits per heavy atom. The summed E-state index contributed by atoms with van der Waals surface area (Å²) in [4.78, 5) is 7.45. The molecule has 0 aliphatic carbocycles. The minimum atomic E-state index is 0.869. The van der Waals surface area contributed by atoms with E-state index in [1.54, 1.807) is 6.26 Å². The van der Waals surface area contributed by atoms with Crippen LogP contribution in [-0.2, 0) is 0 Å². The van der Waals surface area contributed by atoms with Crippen LogP contribution in [0.15, 0.2) is 41.3 Å². The van der Waals surface area contributed by atoms with Crippen LogP contribution >= 0.6 is 0 Å². The third-order valence-electron chi connectivity index (χ3n) is 2.45. The van der Waals surface area contributed by atoms with Gasteiger partial charge in [0.2, 0.25) is 0 Å². The molecule has 3 aromatic rings. The molecule has 0 bridgehead atoms. The Labute approximate surface area is 86.8 Å². The summed E-state index contributed by atoms with van der Waals surface area (Å²) in [5.74, 6) is 0.869. The first-order chi connectivity index (χ1) is 7.34. The molecule has 0 amide bonds. The normalized spacial score (nSPS) is 11.0. The van der Waals surface area contributed by atoms with E-state index in [0.717, 1.165) is 27.9 Å². The Morgan fingerprint density at radius 1 is 1.40 bits per heavy atom. The average molecular weight is 198 g/mol. The number of H-pyrrole nitrogens is 1. The molecule has 3 rings (SSSR count). The molecule has 74 valence electrons. The van der Waals surface area contributed by atoms with Gasteiger partial charge in [-0.25, -0.2) is 4.98 Å². The number of fused-ring (bicyclic) bond motifs is 1. The molecule has 3 heterocycles. The largest absolute Gasteiger partial charge is 0.464 e. The summed E-state index contributed by atoms with van der Waals surface area (Å²) in [6.45, 7) is 2.03. The first-order valence-corrected chi connectivity index (χ1v) is 4.82. The van der Waals surface area contributed by atoms with Crippen LogP contribution in [0.1, 0.15) is 5.56 Å². The van der Waals surface area contributed by atoms with Crippen molar-refractivity contribution in [2.75, 3.05) is 0 Å². The Bertz CT molecular complexity index is 593. The van der Waals surface area contributed by atoms with Gasteiger partial charge in [0.05, 0.1) is 6.26 Å². The van der Waals surface area contributed by atoms with Crippen molar-refractivity contribution in [3.63, 3.8) is 0 Å². The molecule has 0 aliphatic rings. The number of nitrogens with one attached hydrogen (secondary N) is 1. The lowest BCUT2D eigenvalue weighted by Crippen LogP contribution is -1.78. The van der Waals surface area contributed by atoms with E-state index < -0.39 is 0 Å². The predicted molar refractivity (Wildman–Crippen MR) is 58.5 cm³/mol. The van der Waals surface area contributed by atoms with Crippen molar-refractivity contribution >= 4 is 11.0 Å². The van der Waals surface area contributed by atoms with Crippen molar-refractivity contribution in [1.82, 2.24) is 9.97 Å². The molecule has 0 spiro atoms. The second-order valence-electron chi connectivity index (χ2n) is 3.59. The van der Waals surface area contributed by atoms with Crippen LogP contribution in [0.5, 0.6) is 0 Å². The molecule has 0 radical (unpaired) electrons. The van der Waals surface area contributed by atoms with Crippen LogP contribution in [0.3, 0.4) is 0 Å². The Kier molecular flexibility index (Phi) is 1.65. The molecular weight excluding hydrogens is 188 g/mol. The summed E-state index contributed by atoms with van der Waals surface area (Å²) in [6.07, 6.45) is 5.46. The number of aromatic nitrogens is 2. The number of pyridine rings is 1. The highest BCUT2D eigenvalue weighted by molar-refractivity contribution is 5.92. The lowest BCUT2D eigenvalue weighted by Gasteiger charge is -1.95. The molecule has 1 N–H and O–H groups in total. The second-order valence-corrected chi connectivity index (χ2v) is 3.59. The van der Waals surface area contributed by atoms with Gasteiger partial charge in [0, 0.05) is 23.3 Å². The third-order valence-corrected chi connectivity index (χ3v) is 2.45. The summed E-state index contributed by atoms with van der Waals surface area (Å²) >= 11 is 0. The fourth-order valence-corrected chi connectivity index (χ4v) is 1.74. The summed E-state index contributed by atoms with van der Waals surface area (Å²) in [7, 11) is 0. The Balaban J connectivity index is 2.32. The van der Waals surface area contributed by atoms with E-state index in [0.29, 0.717) is 0 Å². The first-order valence-electron chi connectivity index (χ1n) is 4.82. The smallest absolute Gasteiger partial charge is 0.137 e. The molecule has 0 saturated carbocycles. The molecule has 3 nitrogen and oxygen atoms in total. The summed E-state index contributed by atoms with van der Waals surface area (Å²) in [6, 6.07) is 5.94. The quantitative estimate of drug-likeness (QED) is 0.652. The van der Waals surface area contributed by atoms with Crippen LogP contribution in [0, 0.1) is 6.92 Å². The number of aromatic amines is 1. The lowest BCUT2D eigenvalue weighted by molar-refractivity contribution is 0.583. The molecule has 0 atom stereocenters. The minimum absolute atomic E-state index is 0.869. The van der Waals surface area contributed by atoms with Gasteiger partial charge >= 0.3 is 0 Å². The van der Waals surface area contributed by atoms with Crippen LogP contribution in [0.2, 0.25) is 0 Å². The number of nitrogens with zero attached hydrogens (tertiary/aromatic N) is 1. The van der Waals surface area contributed by atoms with Crippen LogP contribution in [0.4, 0.5) is 0 Å². The maximum atomic E-state index is 5.38. The Morgan fingerprint density at radius 3 is 3.13 bits per heavy atom. The van der Waals surface area contributed by atoms with Gasteiger partial charge < -0.3 is 9.40 Å². The third kappa shape index (κ3) is 1.24. The van der Waals surface area contributed by atoms with E-state index in [2.05, 4.69) is 16.0 Å². The second kappa shape index (κ2) is 2.98. The fraction of sp³-hybridized carbons (Fsp3) is 0.0833. The van der Waals surface area contributed by atoms with E-state index in [1.165, 1.54) is 0 Å². The van der Waals surface area contributed by atoms with Gasteiger partial charge in [0.1, 0.15) is 11.4 Å². The fourth-order valence-electron chi connectivity index (χ4n) is 1.74. The molecule has 3 aromatic heterocycles. The zero-order valence-electron chi connectivity index (χ0n) is 8.32. The number of hydrogen-bond donors (Lipinski definition) is 1. The lowest BCUT2D eigenvalue weighted by atomic mass is 10.1. The van der Waals surface area contributed by atoms with Gasteiger partial charge in [0.15, 0.2) is 0 Å². The Hall–Kier alpha value is -2.03. The van der Waals surface area contributed by atoms with Crippen molar-refractivity contribution < 1.29 is 4.42 Å². The van der Waals surface area contributed by atoms with Gasteiger partial charge in [-0.05, 0) is 30.7 Å². The molecule has 0 aliphatic heterocycles. The SMILES string of the molecule is Cc1cnc2[nH]cc(-c3ccco3)c2c1. The number of furan rings is 1. The molecule has 0 unspecified atom stereocenters. The van der Waals surface area contributed by atoms with E-state index in [9.17, 15) is 0 Å². The van der Waals surface area contributed by atoms with Gasteiger partial charge in [-0.15, -0.1) is 0 Å². The maximum Gasteiger partial charge on any atom is 0.137 e. The van der Waals surface area contributed by atoms with Gasteiger partial charge in [0.25, 0.3) is 0 Å². The molecule has 15 heavy (non-hydrogen) atoms.